The fraction of sp³-hybridized carbons (Fsp3) is 0.423. The van der Waals surface area contributed by atoms with E-state index < -0.39 is 11.5 Å². The molecule has 2 aromatic carbocycles. The van der Waals surface area contributed by atoms with E-state index in [0.717, 1.165) is 55.0 Å². The summed E-state index contributed by atoms with van der Waals surface area (Å²) in [5.74, 6) is 1.60. The van der Waals surface area contributed by atoms with Gasteiger partial charge in [0.1, 0.15) is 17.2 Å². The summed E-state index contributed by atoms with van der Waals surface area (Å²) in [6.07, 6.45) is 2.66. The number of primary amides is 1. The molecule has 1 fully saturated rings. The standard InChI is InChI=1S/C26H32N4O4/c1-26(2,3)34-25(32)30-13-10-17(11-14-30)12-15-33-20-7-4-18(5-8-20)24-28-21-9-6-19(23(27)31)16-22(21)29-24/h4-9,16-17H,10-15H2,1-3H3,(H2,27,31)(H,28,29). The van der Waals surface area contributed by atoms with Gasteiger partial charge in [0, 0.05) is 24.2 Å². The van der Waals surface area contributed by atoms with Gasteiger partial charge in [-0.2, -0.15) is 0 Å². The summed E-state index contributed by atoms with van der Waals surface area (Å²) >= 11 is 0. The topological polar surface area (TPSA) is 111 Å². The number of nitrogens with zero attached hydrogens (tertiary/aromatic N) is 2. The van der Waals surface area contributed by atoms with Gasteiger partial charge >= 0.3 is 6.09 Å². The van der Waals surface area contributed by atoms with Gasteiger partial charge in [0.05, 0.1) is 17.6 Å². The van der Waals surface area contributed by atoms with E-state index >= 15 is 0 Å². The summed E-state index contributed by atoms with van der Waals surface area (Å²) in [4.78, 5) is 33.2. The minimum atomic E-state index is -0.471. The van der Waals surface area contributed by atoms with Crippen LogP contribution in [0.25, 0.3) is 22.4 Å². The maximum Gasteiger partial charge on any atom is 0.410 e. The Morgan fingerprint density at radius 1 is 1.12 bits per heavy atom. The minimum Gasteiger partial charge on any atom is -0.494 e. The summed E-state index contributed by atoms with van der Waals surface area (Å²) in [5, 5.41) is 0. The smallest absolute Gasteiger partial charge is 0.410 e. The van der Waals surface area contributed by atoms with Gasteiger partial charge in [-0.25, -0.2) is 9.78 Å². The number of rotatable bonds is 6. The molecule has 1 aliphatic heterocycles. The number of imidazole rings is 1. The summed E-state index contributed by atoms with van der Waals surface area (Å²) in [6.45, 7) is 7.76. The van der Waals surface area contributed by atoms with E-state index in [9.17, 15) is 9.59 Å². The Kier molecular flexibility index (Phi) is 6.77. The maximum absolute atomic E-state index is 12.2. The number of fused-ring (bicyclic) bond motifs is 1. The molecule has 3 aromatic rings. The first kappa shape index (κ1) is 23.6. The molecule has 0 saturated carbocycles. The molecule has 0 bridgehead atoms. The number of hydrogen-bond acceptors (Lipinski definition) is 5. The van der Waals surface area contributed by atoms with E-state index in [1.807, 2.05) is 45.0 Å². The summed E-state index contributed by atoms with van der Waals surface area (Å²) < 4.78 is 11.4. The van der Waals surface area contributed by atoms with Crippen LogP contribution in [0.3, 0.4) is 0 Å². The number of amides is 2. The number of nitrogens with two attached hydrogens (primary N) is 1. The summed E-state index contributed by atoms with van der Waals surface area (Å²) in [7, 11) is 0. The molecule has 4 rings (SSSR count). The molecule has 1 aromatic heterocycles. The molecule has 0 unspecified atom stereocenters. The van der Waals surface area contributed by atoms with E-state index in [2.05, 4.69) is 9.97 Å². The van der Waals surface area contributed by atoms with E-state index in [0.29, 0.717) is 23.6 Å². The molecule has 1 saturated heterocycles. The lowest BCUT2D eigenvalue weighted by Crippen LogP contribution is -2.41. The lowest BCUT2D eigenvalue weighted by atomic mass is 9.94. The van der Waals surface area contributed by atoms with Crippen LogP contribution in [0.15, 0.2) is 42.5 Å². The fourth-order valence-corrected chi connectivity index (χ4v) is 4.08. The predicted molar refractivity (Wildman–Crippen MR) is 131 cm³/mol. The van der Waals surface area contributed by atoms with Crippen LogP contribution in [0.4, 0.5) is 4.79 Å². The molecular formula is C26H32N4O4. The molecule has 34 heavy (non-hydrogen) atoms. The molecule has 8 nitrogen and oxygen atoms in total. The zero-order valence-electron chi connectivity index (χ0n) is 20.0. The minimum absolute atomic E-state index is 0.222. The monoisotopic (exact) mass is 464 g/mol. The average Bonchev–Trinajstić information content (AvgIpc) is 3.22. The van der Waals surface area contributed by atoms with Gasteiger partial charge in [-0.3, -0.25) is 4.79 Å². The summed E-state index contributed by atoms with van der Waals surface area (Å²) in [5.41, 5.74) is 7.80. The lowest BCUT2D eigenvalue weighted by Gasteiger charge is -2.33. The number of carbonyl (C=O) groups excluding carboxylic acids is 2. The molecule has 180 valence electrons. The SMILES string of the molecule is CC(C)(C)OC(=O)N1CCC(CCOc2ccc(-c3nc4cc(C(N)=O)ccc4[nH]3)cc2)CC1. The third kappa shape index (κ3) is 5.87. The van der Waals surface area contributed by atoms with Gasteiger partial charge in [-0.1, -0.05) is 0 Å². The number of ether oxygens (including phenoxy) is 2. The largest absolute Gasteiger partial charge is 0.494 e. The van der Waals surface area contributed by atoms with Crippen molar-refractivity contribution in [3.8, 4) is 17.1 Å². The van der Waals surface area contributed by atoms with Crippen LogP contribution in [0.2, 0.25) is 0 Å². The van der Waals surface area contributed by atoms with Crippen LogP contribution in [0.1, 0.15) is 50.4 Å². The fourth-order valence-electron chi connectivity index (χ4n) is 4.08. The van der Waals surface area contributed by atoms with Gasteiger partial charge in [-0.15, -0.1) is 0 Å². The first-order valence-electron chi connectivity index (χ1n) is 11.7. The number of H-pyrrole nitrogens is 1. The number of aromatic nitrogens is 2. The van der Waals surface area contributed by atoms with Crippen molar-refractivity contribution in [3.63, 3.8) is 0 Å². The zero-order chi connectivity index (χ0) is 24.3. The number of hydrogen-bond donors (Lipinski definition) is 2. The van der Waals surface area contributed by atoms with E-state index in [-0.39, 0.29) is 6.09 Å². The Balaban J connectivity index is 1.25. The van der Waals surface area contributed by atoms with Gasteiger partial charge < -0.3 is 25.1 Å². The van der Waals surface area contributed by atoms with Gasteiger partial charge in [0.15, 0.2) is 0 Å². The highest BCUT2D eigenvalue weighted by molar-refractivity contribution is 5.96. The second-order valence-corrected chi connectivity index (χ2v) is 9.75. The molecular weight excluding hydrogens is 432 g/mol. The van der Waals surface area contributed by atoms with Crippen LogP contribution in [0, 0.1) is 5.92 Å². The first-order chi connectivity index (χ1) is 16.2. The van der Waals surface area contributed by atoms with Crippen molar-refractivity contribution < 1.29 is 19.1 Å². The number of likely N-dealkylation sites (tertiary alicyclic amines) is 1. The third-order valence-corrected chi connectivity index (χ3v) is 5.96. The lowest BCUT2D eigenvalue weighted by molar-refractivity contribution is 0.0177. The van der Waals surface area contributed by atoms with E-state index in [1.165, 1.54) is 0 Å². The van der Waals surface area contributed by atoms with Gasteiger partial charge in [-0.05, 0) is 88.4 Å². The van der Waals surface area contributed by atoms with Crippen LogP contribution in [-0.2, 0) is 4.74 Å². The van der Waals surface area contributed by atoms with Crippen molar-refractivity contribution in [2.45, 2.75) is 45.6 Å². The second kappa shape index (κ2) is 9.75. The molecule has 0 radical (unpaired) electrons. The molecule has 0 spiro atoms. The van der Waals surface area contributed by atoms with Crippen LogP contribution < -0.4 is 10.5 Å². The van der Waals surface area contributed by atoms with E-state index in [1.54, 1.807) is 23.1 Å². The van der Waals surface area contributed by atoms with Crippen LogP contribution in [-0.4, -0.2) is 52.2 Å². The average molecular weight is 465 g/mol. The van der Waals surface area contributed by atoms with Crippen molar-refractivity contribution in [1.29, 1.82) is 0 Å². The highest BCUT2D eigenvalue weighted by Crippen LogP contribution is 2.25. The van der Waals surface area contributed by atoms with Crippen molar-refractivity contribution in [3.05, 3.63) is 48.0 Å². The van der Waals surface area contributed by atoms with Crippen molar-refractivity contribution >= 4 is 23.0 Å². The molecule has 8 heteroatoms. The van der Waals surface area contributed by atoms with Gasteiger partial charge in [0.2, 0.25) is 5.91 Å². The Bertz CT molecular complexity index is 1160. The normalized spacial score (nSPS) is 14.9. The third-order valence-electron chi connectivity index (χ3n) is 5.96. The molecule has 2 heterocycles. The number of piperidine rings is 1. The number of benzene rings is 2. The Hall–Kier alpha value is -3.55. The Morgan fingerprint density at radius 3 is 2.47 bits per heavy atom. The summed E-state index contributed by atoms with van der Waals surface area (Å²) in [6, 6.07) is 13.0. The first-order valence-corrected chi connectivity index (χ1v) is 11.7. The van der Waals surface area contributed by atoms with Gasteiger partial charge in [0.25, 0.3) is 0 Å². The van der Waals surface area contributed by atoms with Crippen molar-refractivity contribution in [1.82, 2.24) is 14.9 Å². The number of carbonyl (C=O) groups is 2. The molecule has 0 atom stereocenters. The molecule has 3 N–H and O–H groups in total. The van der Waals surface area contributed by atoms with Crippen LogP contribution >= 0.6 is 0 Å². The predicted octanol–water partition coefficient (Wildman–Crippen LogP) is 4.74. The van der Waals surface area contributed by atoms with Crippen LogP contribution in [0.5, 0.6) is 5.75 Å². The quantitative estimate of drug-likeness (QED) is 0.547. The molecule has 2 amide bonds. The number of aromatic amines is 1. The number of nitrogens with one attached hydrogen (secondary N) is 1. The molecule has 0 aliphatic carbocycles. The zero-order valence-corrected chi connectivity index (χ0v) is 20.0. The van der Waals surface area contributed by atoms with Crippen molar-refractivity contribution in [2.75, 3.05) is 19.7 Å². The maximum atomic E-state index is 12.2. The molecule has 1 aliphatic rings. The highest BCUT2D eigenvalue weighted by Gasteiger charge is 2.26. The Labute approximate surface area is 199 Å². The van der Waals surface area contributed by atoms with Crippen molar-refractivity contribution in [2.24, 2.45) is 11.7 Å². The second-order valence-electron chi connectivity index (χ2n) is 9.75. The van der Waals surface area contributed by atoms with E-state index in [4.69, 9.17) is 15.2 Å². The Morgan fingerprint density at radius 2 is 1.82 bits per heavy atom. The highest BCUT2D eigenvalue weighted by atomic mass is 16.6.